The van der Waals surface area contributed by atoms with Crippen LogP contribution in [0.25, 0.3) is 0 Å². The van der Waals surface area contributed by atoms with Crippen molar-refractivity contribution in [3.63, 3.8) is 0 Å². The molecule has 1 heteroatoms. The van der Waals surface area contributed by atoms with Crippen LogP contribution in [-0.2, 0) is 6.42 Å². The highest BCUT2D eigenvalue weighted by Crippen LogP contribution is 2.07. The molecule has 0 heterocycles. The predicted molar refractivity (Wildman–Crippen MR) is 81.0 cm³/mol. The fourth-order valence-electron chi connectivity index (χ4n) is 2.26. The van der Waals surface area contributed by atoms with Crippen LogP contribution < -0.4 is 5.32 Å². The molecular formula is C17H29N. The van der Waals surface area contributed by atoms with Crippen molar-refractivity contribution in [3.8, 4) is 0 Å². The molecule has 0 aromatic heterocycles. The Morgan fingerprint density at radius 3 is 2.44 bits per heavy atom. The number of hydrogen-bond donors (Lipinski definition) is 1. The third kappa shape index (κ3) is 7.50. The van der Waals surface area contributed by atoms with Gasteiger partial charge in [-0.05, 0) is 31.9 Å². The highest BCUT2D eigenvalue weighted by atomic mass is 14.9. The van der Waals surface area contributed by atoms with Crippen LogP contribution in [0.2, 0.25) is 0 Å². The van der Waals surface area contributed by atoms with Gasteiger partial charge < -0.3 is 5.32 Å². The zero-order valence-corrected chi connectivity index (χ0v) is 12.1. The monoisotopic (exact) mass is 247 g/mol. The van der Waals surface area contributed by atoms with Crippen molar-refractivity contribution in [2.45, 2.75) is 64.8 Å². The molecule has 1 rings (SSSR count). The van der Waals surface area contributed by atoms with E-state index in [9.17, 15) is 0 Å². The van der Waals surface area contributed by atoms with Crippen molar-refractivity contribution in [2.24, 2.45) is 0 Å². The molecule has 0 amide bonds. The molecule has 0 fully saturated rings. The summed E-state index contributed by atoms with van der Waals surface area (Å²) in [5, 5.41) is 3.62. The number of benzene rings is 1. The van der Waals surface area contributed by atoms with E-state index < -0.39 is 0 Å². The number of hydrogen-bond acceptors (Lipinski definition) is 1. The Hall–Kier alpha value is -0.820. The average molecular weight is 247 g/mol. The zero-order valence-electron chi connectivity index (χ0n) is 12.1. The third-order valence-corrected chi connectivity index (χ3v) is 3.49. The first-order valence-corrected chi connectivity index (χ1v) is 7.60. The fourth-order valence-corrected chi connectivity index (χ4v) is 2.26. The minimum atomic E-state index is 0.662. The topological polar surface area (TPSA) is 12.0 Å². The first-order chi connectivity index (χ1) is 8.83. The van der Waals surface area contributed by atoms with Crippen molar-refractivity contribution in [1.29, 1.82) is 0 Å². The Bertz CT molecular complexity index is 281. The van der Waals surface area contributed by atoms with Gasteiger partial charge in [0, 0.05) is 6.04 Å². The van der Waals surface area contributed by atoms with E-state index in [2.05, 4.69) is 49.5 Å². The van der Waals surface area contributed by atoms with Crippen LogP contribution in [0.4, 0.5) is 0 Å². The lowest BCUT2D eigenvalue weighted by Crippen LogP contribution is -2.27. The van der Waals surface area contributed by atoms with E-state index in [1.165, 1.54) is 44.1 Å². The Morgan fingerprint density at radius 1 is 1.00 bits per heavy atom. The maximum Gasteiger partial charge on any atom is 0.00388 e. The molecule has 1 atom stereocenters. The van der Waals surface area contributed by atoms with Gasteiger partial charge in [0.15, 0.2) is 0 Å². The van der Waals surface area contributed by atoms with Gasteiger partial charge in [-0.15, -0.1) is 0 Å². The molecule has 0 aliphatic rings. The molecule has 0 radical (unpaired) electrons. The van der Waals surface area contributed by atoms with Crippen LogP contribution in [0, 0.1) is 0 Å². The van der Waals surface area contributed by atoms with Crippen LogP contribution in [0.3, 0.4) is 0 Å². The summed E-state index contributed by atoms with van der Waals surface area (Å²) < 4.78 is 0. The normalized spacial score (nSPS) is 12.6. The van der Waals surface area contributed by atoms with Crippen LogP contribution in [0.5, 0.6) is 0 Å². The quantitative estimate of drug-likeness (QED) is 0.597. The third-order valence-electron chi connectivity index (χ3n) is 3.49. The van der Waals surface area contributed by atoms with Gasteiger partial charge in [0.2, 0.25) is 0 Å². The molecule has 0 aliphatic carbocycles. The van der Waals surface area contributed by atoms with Crippen LogP contribution in [-0.4, -0.2) is 12.6 Å². The van der Waals surface area contributed by atoms with Gasteiger partial charge in [0.25, 0.3) is 0 Å². The second-order valence-electron chi connectivity index (χ2n) is 5.29. The van der Waals surface area contributed by atoms with Gasteiger partial charge in [-0.3, -0.25) is 0 Å². The summed E-state index contributed by atoms with van der Waals surface area (Å²) in [6.07, 6.45) is 9.38. The van der Waals surface area contributed by atoms with Gasteiger partial charge in [-0.25, -0.2) is 0 Å². The lowest BCUT2D eigenvalue weighted by Gasteiger charge is -2.13. The predicted octanol–water partition coefficient (Wildman–Crippen LogP) is 4.57. The molecule has 0 bridgehead atoms. The molecule has 1 N–H and O–H groups in total. The van der Waals surface area contributed by atoms with E-state index in [4.69, 9.17) is 0 Å². The molecule has 1 aromatic carbocycles. The molecule has 18 heavy (non-hydrogen) atoms. The Kier molecular flexibility index (Phi) is 8.58. The Labute approximate surface area is 113 Å². The van der Waals surface area contributed by atoms with Crippen molar-refractivity contribution in [3.05, 3.63) is 35.9 Å². The van der Waals surface area contributed by atoms with Gasteiger partial charge in [0.05, 0.1) is 0 Å². The van der Waals surface area contributed by atoms with E-state index in [0.717, 1.165) is 13.0 Å². The molecule has 0 saturated carbocycles. The standard InChI is InChI=1S/C17H29N/c1-3-4-5-6-8-11-16(2)18-15-14-17-12-9-7-10-13-17/h7,9-10,12-13,16,18H,3-6,8,11,14-15H2,1-2H3. The maximum absolute atomic E-state index is 3.62. The summed E-state index contributed by atoms with van der Waals surface area (Å²) in [7, 11) is 0. The van der Waals surface area contributed by atoms with Crippen molar-refractivity contribution in [1.82, 2.24) is 5.32 Å². The fraction of sp³-hybridized carbons (Fsp3) is 0.647. The summed E-state index contributed by atoms with van der Waals surface area (Å²) in [4.78, 5) is 0. The number of rotatable bonds is 10. The molecule has 1 aromatic rings. The number of nitrogens with one attached hydrogen (secondary N) is 1. The second kappa shape index (κ2) is 10.1. The van der Waals surface area contributed by atoms with E-state index in [1.807, 2.05) is 0 Å². The summed E-state index contributed by atoms with van der Waals surface area (Å²) in [5.41, 5.74) is 1.43. The largest absolute Gasteiger partial charge is 0.314 e. The molecule has 1 unspecified atom stereocenters. The average Bonchev–Trinajstić information content (AvgIpc) is 2.40. The van der Waals surface area contributed by atoms with Gasteiger partial charge >= 0.3 is 0 Å². The molecule has 0 spiro atoms. The molecule has 0 saturated heterocycles. The Balaban J connectivity index is 1.98. The summed E-state index contributed by atoms with van der Waals surface area (Å²) in [6.45, 7) is 5.68. The van der Waals surface area contributed by atoms with Crippen molar-refractivity contribution < 1.29 is 0 Å². The minimum absolute atomic E-state index is 0.662. The van der Waals surface area contributed by atoms with E-state index in [-0.39, 0.29) is 0 Å². The minimum Gasteiger partial charge on any atom is -0.314 e. The maximum atomic E-state index is 3.62. The summed E-state index contributed by atoms with van der Waals surface area (Å²) in [5.74, 6) is 0. The zero-order chi connectivity index (χ0) is 13.1. The van der Waals surface area contributed by atoms with Crippen LogP contribution >= 0.6 is 0 Å². The highest BCUT2D eigenvalue weighted by Gasteiger charge is 2.00. The second-order valence-corrected chi connectivity index (χ2v) is 5.29. The van der Waals surface area contributed by atoms with Crippen LogP contribution in [0.1, 0.15) is 57.9 Å². The smallest absolute Gasteiger partial charge is 0.00388 e. The van der Waals surface area contributed by atoms with Gasteiger partial charge in [0.1, 0.15) is 0 Å². The van der Waals surface area contributed by atoms with E-state index >= 15 is 0 Å². The van der Waals surface area contributed by atoms with E-state index in [1.54, 1.807) is 0 Å². The molecular weight excluding hydrogens is 218 g/mol. The summed E-state index contributed by atoms with van der Waals surface area (Å²) in [6, 6.07) is 11.4. The SMILES string of the molecule is CCCCCCCC(C)NCCc1ccccc1. The van der Waals surface area contributed by atoms with Crippen molar-refractivity contribution >= 4 is 0 Å². The molecule has 102 valence electrons. The molecule has 1 nitrogen and oxygen atoms in total. The number of unbranched alkanes of at least 4 members (excludes halogenated alkanes) is 4. The highest BCUT2D eigenvalue weighted by molar-refractivity contribution is 5.14. The van der Waals surface area contributed by atoms with Crippen LogP contribution in [0.15, 0.2) is 30.3 Å². The van der Waals surface area contributed by atoms with Crippen molar-refractivity contribution in [2.75, 3.05) is 6.54 Å². The lowest BCUT2D eigenvalue weighted by atomic mass is 10.1. The Morgan fingerprint density at radius 2 is 1.72 bits per heavy atom. The first-order valence-electron chi connectivity index (χ1n) is 7.60. The summed E-state index contributed by atoms with van der Waals surface area (Å²) >= 11 is 0. The lowest BCUT2D eigenvalue weighted by molar-refractivity contribution is 0.483. The van der Waals surface area contributed by atoms with E-state index in [0.29, 0.717) is 6.04 Å². The van der Waals surface area contributed by atoms with Gasteiger partial charge in [-0.1, -0.05) is 69.4 Å². The molecule has 0 aliphatic heterocycles. The van der Waals surface area contributed by atoms with Gasteiger partial charge in [-0.2, -0.15) is 0 Å². The first kappa shape index (κ1) is 15.2.